The minimum atomic E-state index is 0.0818. The van der Waals surface area contributed by atoms with Crippen molar-refractivity contribution in [2.75, 3.05) is 0 Å². The molecule has 1 heterocycles. The van der Waals surface area contributed by atoms with E-state index in [2.05, 4.69) is 34.3 Å². The van der Waals surface area contributed by atoms with Gasteiger partial charge in [-0.1, -0.05) is 26.0 Å². The van der Waals surface area contributed by atoms with Crippen molar-refractivity contribution in [3.8, 4) is 0 Å². The first-order valence-electron chi connectivity index (χ1n) is 9.17. The van der Waals surface area contributed by atoms with Crippen LogP contribution < -0.4 is 0 Å². The van der Waals surface area contributed by atoms with Gasteiger partial charge in [-0.05, 0) is 87.4 Å². The van der Waals surface area contributed by atoms with Crippen molar-refractivity contribution in [3.63, 3.8) is 0 Å². The summed E-state index contributed by atoms with van der Waals surface area (Å²) in [6.07, 6.45) is 8.60. The molecule has 0 radical (unpaired) electrons. The normalized spacial score (nSPS) is 55.0. The number of rotatable bonds is 0. The van der Waals surface area contributed by atoms with Gasteiger partial charge in [-0.3, -0.25) is 0 Å². The van der Waals surface area contributed by atoms with Gasteiger partial charge < -0.3 is 4.74 Å². The summed E-state index contributed by atoms with van der Waals surface area (Å²) in [5, 5.41) is 0. The van der Waals surface area contributed by atoms with E-state index in [4.69, 9.17) is 4.74 Å². The first-order valence-corrected chi connectivity index (χ1v) is 9.17. The molecule has 0 bridgehead atoms. The summed E-state index contributed by atoms with van der Waals surface area (Å²) in [6, 6.07) is 0. The van der Waals surface area contributed by atoms with Crippen LogP contribution in [0, 0.1) is 35.0 Å². The minimum absolute atomic E-state index is 0.0818. The molecule has 118 valence electrons. The van der Waals surface area contributed by atoms with Gasteiger partial charge in [0.2, 0.25) is 0 Å². The Balaban J connectivity index is 1.73. The lowest BCUT2D eigenvalue weighted by Gasteiger charge is -2.42. The third kappa shape index (κ3) is 1.92. The Kier molecular flexibility index (Phi) is 2.98. The molecular formula is C20H32O. The van der Waals surface area contributed by atoms with E-state index in [0.29, 0.717) is 11.5 Å². The zero-order valence-corrected chi connectivity index (χ0v) is 14.3. The number of hydrogen-bond donors (Lipinski definition) is 0. The fourth-order valence-electron chi connectivity index (χ4n) is 6.83. The van der Waals surface area contributed by atoms with E-state index in [9.17, 15) is 0 Å². The van der Waals surface area contributed by atoms with Crippen LogP contribution >= 0.6 is 0 Å². The molecule has 3 aliphatic carbocycles. The van der Waals surface area contributed by atoms with E-state index in [-0.39, 0.29) is 5.60 Å². The van der Waals surface area contributed by atoms with Crippen LogP contribution in [0.4, 0.5) is 0 Å². The Morgan fingerprint density at radius 2 is 1.90 bits per heavy atom. The monoisotopic (exact) mass is 288 g/mol. The molecule has 1 aliphatic heterocycles. The number of ether oxygens (including phenoxy) is 1. The van der Waals surface area contributed by atoms with Gasteiger partial charge in [0.1, 0.15) is 0 Å². The van der Waals surface area contributed by atoms with Gasteiger partial charge in [0, 0.05) is 0 Å². The molecule has 0 amide bonds. The van der Waals surface area contributed by atoms with E-state index in [1.54, 1.807) is 0 Å². The standard InChI is InChI=1S/C20H32O/c1-12-6-7-14-13(2)10-17-18-16(19(3,4)21-17)8-9-20(18,5)11-15(12)14/h12,14-18H,2,6-11H2,1,3-5H3. The summed E-state index contributed by atoms with van der Waals surface area (Å²) in [4.78, 5) is 0. The van der Waals surface area contributed by atoms with E-state index >= 15 is 0 Å². The van der Waals surface area contributed by atoms with Gasteiger partial charge in [-0.2, -0.15) is 0 Å². The van der Waals surface area contributed by atoms with Crippen molar-refractivity contribution >= 4 is 0 Å². The third-order valence-corrected chi connectivity index (χ3v) is 7.88. The Morgan fingerprint density at radius 3 is 2.67 bits per heavy atom. The molecule has 0 aromatic rings. The van der Waals surface area contributed by atoms with E-state index in [0.717, 1.165) is 36.0 Å². The molecule has 1 nitrogen and oxygen atoms in total. The molecule has 1 heteroatoms. The van der Waals surface area contributed by atoms with Crippen LogP contribution in [0.2, 0.25) is 0 Å². The first-order chi connectivity index (χ1) is 9.82. The van der Waals surface area contributed by atoms with Crippen molar-refractivity contribution in [3.05, 3.63) is 12.2 Å². The molecular weight excluding hydrogens is 256 g/mol. The lowest BCUT2D eigenvalue weighted by molar-refractivity contribution is -0.0513. The van der Waals surface area contributed by atoms with Crippen molar-refractivity contribution in [1.29, 1.82) is 0 Å². The maximum absolute atomic E-state index is 6.57. The summed E-state index contributed by atoms with van der Waals surface area (Å²) < 4.78 is 6.57. The second-order valence-electron chi connectivity index (χ2n) is 9.48. The predicted octanol–water partition coefficient (Wildman–Crippen LogP) is 5.21. The van der Waals surface area contributed by atoms with Gasteiger partial charge in [0.15, 0.2) is 0 Å². The predicted molar refractivity (Wildman–Crippen MR) is 87.0 cm³/mol. The lowest BCUT2D eigenvalue weighted by atomic mass is 9.62. The SMILES string of the molecule is C=C1CC2OC(C)(C)C3CCC(C)(CC4C(C)CCC14)C23. The fraction of sp³-hybridized carbons (Fsp3) is 0.900. The zero-order chi connectivity index (χ0) is 15.0. The van der Waals surface area contributed by atoms with Gasteiger partial charge in [-0.15, -0.1) is 0 Å². The van der Waals surface area contributed by atoms with E-state index in [1.807, 2.05) is 0 Å². The maximum Gasteiger partial charge on any atom is 0.0662 e. The highest BCUT2D eigenvalue weighted by atomic mass is 16.5. The van der Waals surface area contributed by atoms with Crippen LogP contribution in [-0.4, -0.2) is 11.7 Å². The Hall–Kier alpha value is -0.300. The molecule has 7 unspecified atom stereocenters. The Morgan fingerprint density at radius 1 is 1.14 bits per heavy atom. The summed E-state index contributed by atoms with van der Waals surface area (Å²) in [5.41, 5.74) is 2.11. The summed E-state index contributed by atoms with van der Waals surface area (Å²) >= 11 is 0. The number of hydrogen-bond acceptors (Lipinski definition) is 1. The molecule has 0 spiro atoms. The first kappa shape index (κ1) is 14.3. The van der Waals surface area contributed by atoms with Gasteiger partial charge >= 0.3 is 0 Å². The van der Waals surface area contributed by atoms with Crippen LogP contribution in [0.15, 0.2) is 12.2 Å². The highest BCUT2D eigenvalue weighted by Gasteiger charge is 2.61. The molecule has 0 aromatic carbocycles. The molecule has 3 saturated carbocycles. The van der Waals surface area contributed by atoms with Gasteiger partial charge in [-0.25, -0.2) is 0 Å². The van der Waals surface area contributed by atoms with Crippen LogP contribution in [0.1, 0.15) is 66.2 Å². The van der Waals surface area contributed by atoms with Gasteiger partial charge in [0.25, 0.3) is 0 Å². The molecule has 4 aliphatic rings. The van der Waals surface area contributed by atoms with Crippen LogP contribution in [0.3, 0.4) is 0 Å². The maximum atomic E-state index is 6.57. The summed E-state index contributed by atoms with van der Waals surface area (Å²) in [6.45, 7) is 14.3. The molecule has 1 saturated heterocycles. The molecule has 4 fully saturated rings. The smallest absolute Gasteiger partial charge is 0.0662 e. The molecule has 0 aromatic heterocycles. The fourth-order valence-corrected chi connectivity index (χ4v) is 6.83. The quantitative estimate of drug-likeness (QED) is 0.556. The second-order valence-corrected chi connectivity index (χ2v) is 9.48. The zero-order valence-electron chi connectivity index (χ0n) is 14.3. The third-order valence-electron chi connectivity index (χ3n) is 7.88. The summed E-state index contributed by atoms with van der Waals surface area (Å²) in [5.74, 6) is 4.12. The van der Waals surface area contributed by atoms with E-state index in [1.165, 1.54) is 37.7 Å². The Bertz CT molecular complexity index is 464. The van der Waals surface area contributed by atoms with Gasteiger partial charge in [0.05, 0.1) is 11.7 Å². The lowest BCUT2D eigenvalue weighted by Crippen LogP contribution is -2.38. The minimum Gasteiger partial charge on any atom is -0.371 e. The van der Waals surface area contributed by atoms with Crippen molar-refractivity contribution in [2.24, 2.45) is 35.0 Å². The average Bonchev–Trinajstić information content (AvgIpc) is 2.97. The highest BCUT2D eigenvalue weighted by Crippen LogP contribution is 2.64. The van der Waals surface area contributed by atoms with Crippen LogP contribution in [0.5, 0.6) is 0 Å². The second kappa shape index (κ2) is 4.37. The average molecular weight is 288 g/mol. The largest absolute Gasteiger partial charge is 0.371 e. The molecule has 21 heavy (non-hydrogen) atoms. The molecule has 7 atom stereocenters. The summed E-state index contributed by atoms with van der Waals surface area (Å²) in [7, 11) is 0. The van der Waals surface area contributed by atoms with E-state index < -0.39 is 0 Å². The van der Waals surface area contributed by atoms with Crippen molar-refractivity contribution in [2.45, 2.75) is 77.9 Å². The molecule has 4 rings (SSSR count). The number of fused-ring (bicyclic) bond motifs is 1. The van der Waals surface area contributed by atoms with Crippen molar-refractivity contribution in [1.82, 2.24) is 0 Å². The Labute approximate surface area is 130 Å². The topological polar surface area (TPSA) is 9.23 Å². The van der Waals surface area contributed by atoms with Crippen LogP contribution in [0.25, 0.3) is 0 Å². The van der Waals surface area contributed by atoms with Crippen LogP contribution in [-0.2, 0) is 4.74 Å². The van der Waals surface area contributed by atoms with Crippen molar-refractivity contribution < 1.29 is 4.74 Å². The highest BCUT2D eigenvalue weighted by molar-refractivity contribution is 5.17. The molecule has 0 N–H and O–H groups in total.